The van der Waals surface area contributed by atoms with Gasteiger partial charge in [-0.15, -0.1) is 0 Å². The van der Waals surface area contributed by atoms with Gasteiger partial charge in [0.15, 0.2) is 0 Å². The van der Waals surface area contributed by atoms with Crippen molar-refractivity contribution in [2.24, 2.45) is 0 Å². The Labute approximate surface area is 187 Å². The minimum absolute atomic E-state index is 0.0637. The molecule has 0 unspecified atom stereocenters. The second-order valence-corrected chi connectivity index (χ2v) is 9.88. The molecule has 2 aromatic carbocycles. The van der Waals surface area contributed by atoms with Gasteiger partial charge in [0.05, 0.1) is 29.6 Å². The Morgan fingerprint density at radius 3 is 2.52 bits per heavy atom. The number of nitrogens with one attached hydrogen (secondary N) is 2. The lowest BCUT2D eigenvalue weighted by molar-refractivity contribution is 0.0937. The van der Waals surface area contributed by atoms with E-state index in [9.17, 15) is 13.2 Å². The van der Waals surface area contributed by atoms with Crippen LogP contribution in [0.15, 0.2) is 47.4 Å². The molecule has 7 nitrogen and oxygen atoms in total. The van der Waals surface area contributed by atoms with Crippen molar-refractivity contribution < 1.29 is 17.9 Å². The van der Waals surface area contributed by atoms with Crippen molar-refractivity contribution in [2.75, 3.05) is 35.9 Å². The average Bonchev–Trinajstić information content (AvgIpc) is 3.27. The fourth-order valence-electron chi connectivity index (χ4n) is 4.03. The fourth-order valence-corrected chi connectivity index (χ4v) is 5.63. The zero-order valence-corrected chi connectivity index (χ0v) is 18.7. The SMILES string of the molecule is O=C(NC1CCCC1)c1ccc(Cl)c(S(=O)(=O)Nc2ccccc2N2CCOCC2)c1. The number of benzene rings is 2. The largest absolute Gasteiger partial charge is 0.378 e. The summed E-state index contributed by atoms with van der Waals surface area (Å²) >= 11 is 6.23. The number of ether oxygens (including phenoxy) is 1. The summed E-state index contributed by atoms with van der Waals surface area (Å²) in [6, 6.07) is 11.7. The zero-order chi connectivity index (χ0) is 21.8. The molecule has 0 bridgehead atoms. The summed E-state index contributed by atoms with van der Waals surface area (Å²) in [6.07, 6.45) is 4.09. The number of nitrogens with zero attached hydrogens (tertiary/aromatic N) is 1. The lowest BCUT2D eigenvalue weighted by Crippen LogP contribution is -2.36. The maximum Gasteiger partial charge on any atom is 0.263 e. The summed E-state index contributed by atoms with van der Waals surface area (Å²) in [6.45, 7) is 2.53. The molecule has 1 aliphatic heterocycles. The topological polar surface area (TPSA) is 87.7 Å². The van der Waals surface area contributed by atoms with Crippen molar-refractivity contribution in [3.05, 3.63) is 53.1 Å². The molecule has 4 rings (SSSR count). The second kappa shape index (κ2) is 9.46. The first-order valence-electron chi connectivity index (χ1n) is 10.5. The van der Waals surface area contributed by atoms with Gasteiger partial charge in [-0.2, -0.15) is 0 Å². The van der Waals surface area contributed by atoms with Gasteiger partial charge in [0.25, 0.3) is 15.9 Å². The quantitative estimate of drug-likeness (QED) is 0.682. The van der Waals surface area contributed by atoms with Gasteiger partial charge in [-0.25, -0.2) is 8.42 Å². The standard InChI is InChI=1S/C22H26ClN3O4S/c23-18-10-9-16(22(27)24-17-5-1-2-6-17)15-21(18)31(28,29)25-19-7-3-4-8-20(19)26-11-13-30-14-12-26/h3-4,7-10,15,17,25H,1-2,5-6,11-14H2,(H,24,27). The normalized spacial score (nSPS) is 17.5. The van der Waals surface area contributed by atoms with Crippen LogP contribution in [0.25, 0.3) is 0 Å². The molecule has 0 atom stereocenters. The highest BCUT2D eigenvalue weighted by Gasteiger charge is 2.24. The summed E-state index contributed by atoms with van der Waals surface area (Å²) in [7, 11) is -4.01. The molecule has 0 spiro atoms. The molecular formula is C22H26ClN3O4S. The van der Waals surface area contributed by atoms with Crippen molar-refractivity contribution in [1.29, 1.82) is 0 Å². The maximum atomic E-state index is 13.2. The number of carbonyl (C=O) groups excluding carboxylic acids is 1. The molecule has 166 valence electrons. The van der Waals surface area contributed by atoms with E-state index in [-0.39, 0.29) is 27.4 Å². The van der Waals surface area contributed by atoms with E-state index in [2.05, 4.69) is 14.9 Å². The number of morpholine rings is 1. The van der Waals surface area contributed by atoms with Gasteiger partial charge in [-0.05, 0) is 43.2 Å². The molecular weight excluding hydrogens is 438 g/mol. The molecule has 1 saturated carbocycles. The monoisotopic (exact) mass is 463 g/mol. The second-order valence-electron chi connectivity index (χ2n) is 7.82. The third-order valence-electron chi connectivity index (χ3n) is 5.67. The third kappa shape index (κ3) is 5.14. The van der Waals surface area contributed by atoms with E-state index in [1.807, 2.05) is 12.1 Å². The summed E-state index contributed by atoms with van der Waals surface area (Å²) in [5.41, 5.74) is 1.51. The van der Waals surface area contributed by atoms with Gasteiger partial charge in [0.1, 0.15) is 4.90 Å². The van der Waals surface area contributed by atoms with Gasteiger partial charge >= 0.3 is 0 Å². The van der Waals surface area contributed by atoms with Crippen LogP contribution in [-0.4, -0.2) is 46.7 Å². The van der Waals surface area contributed by atoms with Crippen molar-refractivity contribution in [3.63, 3.8) is 0 Å². The summed E-state index contributed by atoms with van der Waals surface area (Å²) in [5.74, 6) is -0.284. The predicted molar refractivity (Wildman–Crippen MR) is 121 cm³/mol. The van der Waals surface area contributed by atoms with Gasteiger partial charge < -0.3 is 15.0 Å². The minimum Gasteiger partial charge on any atom is -0.378 e. The molecule has 2 aromatic rings. The number of carbonyl (C=O) groups is 1. The van der Waals surface area contributed by atoms with Crippen LogP contribution in [0.4, 0.5) is 11.4 Å². The summed E-state index contributed by atoms with van der Waals surface area (Å²) in [4.78, 5) is 14.6. The van der Waals surface area contributed by atoms with Crippen molar-refractivity contribution in [2.45, 2.75) is 36.6 Å². The Bertz CT molecular complexity index is 1050. The molecule has 2 N–H and O–H groups in total. The minimum atomic E-state index is -4.01. The average molecular weight is 464 g/mol. The third-order valence-corrected chi connectivity index (χ3v) is 7.52. The van der Waals surface area contributed by atoms with Crippen molar-refractivity contribution in [1.82, 2.24) is 5.32 Å². The van der Waals surface area contributed by atoms with Crippen LogP contribution < -0.4 is 14.9 Å². The Kier molecular flexibility index (Phi) is 6.69. The molecule has 1 saturated heterocycles. The highest BCUT2D eigenvalue weighted by atomic mass is 35.5. The lowest BCUT2D eigenvalue weighted by atomic mass is 10.2. The lowest BCUT2D eigenvalue weighted by Gasteiger charge is -2.30. The molecule has 31 heavy (non-hydrogen) atoms. The highest BCUT2D eigenvalue weighted by Crippen LogP contribution is 2.31. The molecule has 1 heterocycles. The molecule has 1 amide bonds. The van der Waals surface area contributed by atoms with E-state index in [0.29, 0.717) is 32.0 Å². The van der Waals surface area contributed by atoms with E-state index in [1.165, 1.54) is 12.1 Å². The number of sulfonamides is 1. The number of amides is 1. The Hall–Kier alpha value is -2.29. The van der Waals surface area contributed by atoms with Crippen LogP contribution in [0.2, 0.25) is 5.02 Å². The molecule has 9 heteroatoms. The summed E-state index contributed by atoms with van der Waals surface area (Å²) < 4.78 is 34.5. The van der Waals surface area contributed by atoms with Crippen LogP contribution in [0, 0.1) is 0 Å². The number of anilines is 2. The van der Waals surface area contributed by atoms with Crippen LogP contribution in [0.3, 0.4) is 0 Å². The first kappa shape index (κ1) is 21.9. The molecule has 2 fully saturated rings. The van der Waals surface area contributed by atoms with E-state index >= 15 is 0 Å². The zero-order valence-electron chi connectivity index (χ0n) is 17.1. The van der Waals surface area contributed by atoms with E-state index in [4.69, 9.17) is 16.3 Å². The highest BCUT2D eigenvalue weighted by molar-refractivity contribution is 7.92. The van der Waals surface area contributed by atoms with Crippen LogP contribution in [-0.2, 0) is 14.8 Å². The summed E-state index contributed by atoms with van der Waals surface area (Å²) in [5, 5.41) is 3.04. The van der Waals surface area contributed by atoms with Crippen LogP contribution in [0.5, 0.6) is 0 Å². The smallest absolute Gasteiger partial charge is 0.263 e. The number of halogens is 1. The Morgan fingerprint density at radius 1 is 1.06 bits per heavy atom. The Morgan fingerprint density at radius 2 is 1.77 bits per heavy atom. The molecule has 0 aromatic heterocycles. The van der Waals surface area contributed by atoms with Gasteiger partial charge in [-0.3, -0.25) is 9.52 Å². The first-order chi connectivity index (χ1) is 14.9. The Balaban J connectivity index is 1.58. The van der Waals surface area contributed by atoms with Crippen molar-refractivity contribution >= 4 is 38.9 Å². The van der Waals surface area contributed by atoms with Crippen molar-refractivity contribution in [3.8, 4) is 0 Å². The molecule has 0 radical (unpaired) electrons. The number of hydrogen-bond donors (Lipinski definition) is 2. The van der Waals surface area contributed by atoms with E-state index < -0.39 is 10.0 Å². The maximum absolute atomic E-state index is 13.2. The fraction of sp³-hybridized carbons (Fsp3) is 0.409. The van der Waals surface area contributed by atoms with Gasteiger partial charge in [0.2, 0.25) is 0 Å². The number of para-hydroxylation sites is 2. The molecule has 2 aliphatic rings. The van der Waals surface area contributed by atoms with Gasteiger partial charge in [-0.1, -0.05) is 36.6 Å². The van der Waals surface area contributed by atoms with Crippen LogP contribution in [0.1, 0.15) is 36.0 Å². The number of hydrogen-bond acceptors (Lipinski definition) is 5. The van der Waals surface area contributed by atoms with Gasteiger partial charge in [0, 0.05) is 24.7 Å². The predicted octanol–water partition coefficient (Wildman–Crippen LogP) is 3.65. The molecule has 1 aliphatic carbocycles. The number of rotatable bonds is 6. The van der Waals surface area contributed by atoms with E-state index in [0.717, 1.165) is 31.4 Å². The van der Waals surface area contributed by atoms with Crippen LogP contribution >= 0.6 is 11.6 Å². The first-order valence-corrected chi connectivity index (χ1v) is 12.3. The van der Waals surface area contributed by atoms with E-state index in [1.54, 1.807) is 18.2 Å².